The molecule has 1 aromatic carbocycles. The van der Waals surface area contributed by atoms with Crippen LogP contribution in [-0.2, 0) is 22.7 Å². The monoisotopic (exact) mass is 356 g/mol. The predicted octanol–water partition coefficient (Wildman–Crippen LogP) is 3.29. The summed E-state index contributed by atoms with van der Waals surface area (Å²) in [5, 5.41) is 0. The number of alkyl halides is 3. The molecule has 2 rings (SSSR count). The maximum Gasteiger partial charge on any atom is 0.416 e. The molecule has 1 N–H and O–H groups in total. The Kier molecular flexibility index (Phi) is 4.57. The second-order valence-corrected chi connectivity index (χ2v) is 7.56. The van der Waals surface area contributed by atoms with Crippen molar-refractivity contribution in [1.82, 2.24) is 9.71 Å². The number of benzene rings is 1. The number of nitrogens with zero attached hydrogens (tertiary/aromatic N) is 1. The molecule has 4 nitrogen and oxygen atoms in total. The van der Waals surface area contributed by atoms with Crippen molar-refractivity contribution in [3.63, 3.8) is 0 Å². The first-order valence-electron chi connectivity index (χ1n) is 5.45. The maximum absolute atomic E-state index is 12.4. The summed E-state index contributed by atoms with van der Waals surface area (Å²) in [7, 11) is -3.78. The first kappa shape index (κ1) is 16.2. The van der Waals surface area contributed by atoms with Crippen LogP contribution in [-0.4, -0.2) is 13.4 Å². The lowest BCUT2D eigenvalue weighted by molar-refractivity contribution is -0.137. The number of sulfonamides is 1. The van der Waals surface area contributed by atoms with E-state index in [0.29, 0.717) is 5.56 Å². The van der Waals surface area contributed by atoms with E-state index in [1.165, 1.54) is 12.1 Å². The number of rotatable bonds is 4. The summed E-state index contributed by atoms with van der Waals surface area (Å²) in [6.45, 7) is -0.129. The molecule has 114 valence electrons. The Morgan fingerprint density at radius 1 is 1.24 bits per heavy atom. The summed E-state index contributed by atoms with van der Waals surface area (Å²) in [6.07, 6.45) is -3.31. The van der Waals surface area contributed by atoms with Gasteiger partial charge in [-0.25, -0.2) is 18.1 Å². The van der Waals surface area contributed by atoms with E-state index in [1.54, 1.807) is 0 Å². The zero-order chi connectivity index (χ0) is 15.7. The molecule has 1 aromatic heterocycles. The molecule has 0 atom stereocenters. The number of thiazole rings is 1. The van der Waals surface area contributed by atoms with Crippen LogP contribution in [0.3, 0.4) is 0 Å². The molecule has 0 aliphatic carbocycles. The van der Waals surface area contributed by atoms with Gasteiger partial charge < -0.3 is 0 Å². The summed E-state index contributed by atoms with van der Waals surface area (Å²) in [4.78, 5) is 3.62. The predicted molar refractivity (Wildman–Crippen MR) is 72.6 cm³/mol. The largest absolute Gasteiger partial charge is 0.416 e. The second-order valence-electron chi connectivity index (χ2n) is 3.95. The lowest BCUT2D eigenvalue weighted by Gasteiger charge is -2.08. The zero-order valence-corrected chi connectivity index (χ0v) is 12.6. The first-order valence-corrected chi connectivity index (χ1v) is 8.13. The van der Waals surface area contributed by atoms with E-state index in [4.69, 9.17) is 11.6 Å². The van der Waals surface area contributed by atoms with Crippen LogP contribution in [0.5, 0.6) is 0 Å². The summed E-state index contributed by atoms with van der Waals surface area (Å²) in [5.74, 6) is 0. The van der Waals surface area contributed by atoms with E-state index in [1.807, 2.05) is 0 Å². The summed E-state index contributed by atoms with van der Waals surface area (Å²) < 4.78 is 63.2. The summed E-state index contributed by atoms with van der Waals surface area (Å²) >= 11 is 6.34. The number of halogens is 4. The first-order chi connectivity index (χ1) is 9.68. The Bertz CT molecular complexity index is 727. The van der Waals surface area contributed by atoms with Crippen LogP contribution in [0.15, 0.2) is 34.7 Å². The van der Waals surface area contributed by atoms with Crippen molar-refractivity contribution in [1.29, 1.82) is 0 Å². The van der Waals surface area contributed by atoms with Gasteiger partial charge in [0.15, 0.2) is 8.68 Å². The van der Waals surface area contributed by atoms with Gasteiger partial charge in [-0.1, -0.05) is 35.1 Å². The maximum atomic E-state index is 12.4. The molecule has 0 spiro atoms. The Morgan fingerprint density at radius 2 is 1.86 bits per heavy atom. The van der Waals surface area contributed by atoms with Crippen molar-refractivity contribution in [3.8, 4) is 0 Å². The molecule has 0 saturated carbocycles. The van der Waals surface area contributed by atoms with Crippen LogP contribution >= 0.6 is 22.9 Å². The molecule has 0 aliphatic heterocycles. The van der Waals surface area contributed by atoms with Crippen LogP contribution in [0.1, 0.15) is 11.1 Å². The van der Waals surface area contributed by atoms with E-state index >= 15 is 0 Å². The molecule has 21 heavy (non-hydrogen) atoms. The van der Waals surface area contributed by atoms with Crippen LogP contribution in [0.4, 0.5) is 13.2 Å². The SMILES string of the molecule is O=S(=O)(NCc1ccc(C(F)(F)F)cc1)c1cnc(Cl)s1. The lowest BCUT2D eigenvalue weighted by atomic mass is 10.1. The van der Waals surface area contributed by atoms with Crippen molar-refractivity contribution in [2.75, 3.05) is 0 Å². The highest BCUT2D eigenvalue weighted by Gasteiger charge is 2.30. The van der Waals surface area contributed by atoms with Crippen molar-refractivity contribution in [2.24, 2.45) is 0 Å². The van der Waals surface area contributed by atoms with Crippen LogP contribution < -0.4 is 4.72 Å². The fraction of sp³-hybridized carbons (Fsp3) is 0.182. The lowest BCUT2D eigenvalue weighted by Crippen LogP contribution is -2.22. The van der Waals surface area contributed by atoms with E-state index in [-0.39, 0.29) is 15.2 Å². The fourth-order valence-electron chi connectivity index (χ4n) is 1.42. The molecule has 0 radical (unpaired) electrons. The molecule has 0 amide bonds. The quantitative estimate of drug-likeness (QED) is 0.914. The minimum atomic E-state index is -4.42. The third kappa shape index (κ3) is 4.16. The van der Waals surface area contributed by atoms with Crippen molar-refractivity contribution < 1.29 is 21.6 Å². The number of nitrogens with one attached hydrogen (secondary N) is 1. The van der Waals surface area contributed by atoms with Gasteiger partial charge in [0.25, 0.3) is 10.0 Å². The van der Waals surface area contributed by atoms with Gasteiger partial charge in [-0.05, 0) is 17.7 Å². The second kappa shape index (κ2) is 5.91. The fourth-order valence-corrected chi connectivity index (χ4v) is 3.78. The zero-order valence-electron chi connectivity index (χ0n) is 10.2. The Morgan fingerprint density at radius 3 is 2.33 bits per heavy atom. The Balaban J connectivity index is 2.06. The summed E-state index contributed by atoms with van der Waals surface area (Å²) in [6, 6.07) is 4.22. The van der Waals surface area contributed by atoms with Crippen molar-refractivity contribution >= 4 is 33.0 Å². The van der Waals surface area contributed by atoms with Crippen molar-refractivity contribution in [2.45, 2.75) is 16.9 Å². The molecular formula is C11H8ClF3N2O2S2. The van der Waals surface area contributed by atoms with Gasteiger partial charge in [0, 0.05) is 6.54 Å². The highest BCUT2D eigenvalue weighted by atomic mass is 35.5. The average Bonchev–Trinajstić information content (AvgIpc) is 2.83. The van der Waals surface area contributed by atoms with Gasteiger partial charge in [0.05, 0.1) is 11.8 Å². The molecule has 10 heteroatoms. The molecule has 0 aliphatic rings. The number of hydrogen-bond donors (Lipinski definition) is 1. The Labute approximate surface area is 127 Å². The van der Waals surface area contributed by atoms with E-state index < -0.39 is 21.8 Å². The van der Waals surface area contributed by atoms with Gasteiger partial charge in [-0.2, -0.15) is 13.2 Å². The molecule has 0 bridgehead atoms. The van der Waals surface area contributed by atoms with E-state index in [0.717, 1.165) is 29.7 Å². The Hall–Kier alpha value is -1.16. The molecule has 2 aromatic rings. The molecule has 0 fully saturated rings. The van der Waals surface area contributed by atoms with Crippen LogP contribution in [0, 0.1) is 0 Å². The van der Waals surface area contributed by atoms with Crippen LogP contribution in [0.25, 0.3) is 0 Å². The summed E-state index contributed by atoms with van der Waals surface area (Å²) in [5.41, 5.74) is -0.384. The number of aromatic nitrogens is 1. The smallest absolute Gasteiger partial charge is 0.232 e. The highest BCUT2D eigenvalue weighted by molar-refractivity contribution is 7.91. The minimum Gasteiger partial charge on any atom is -0.232 e. The molecule has 0 unspecified atom stereocenters. The van der Waals surface area contributed by atoms with Gasteiger partial charge in [-0.3, -0.25) is 0 Å². The van der Waals surface area contributed by atoms with Crippen LogP contribution in [0.2, 0.25) is 4.47 Å². The minimum absolute atomic E-state index is 0.0561. The topological polar surface area (TPSA) is 59.1 Å². The standard InChI is InChI=1S/C11H8ClF3N2O2S2/c12-10-16-6-9(20-10)21(18,19)17-5-7-1-3-8(4-2-7)11(13,14)15/h1-4,6,17H,5H2. The van der Waals surface area contributed by atoms with Gasteiger partial charge in [-0.15, -0.1) is 0 Å². The molecule has 1 heterocycles. The van der Waals surface area contributed by atoms with Gasteiger partial charge in [0.2, 0.25) is 0 Å². The molecular weight excluding hydrogens is 349 g/mol. The normalized spacial score (nSPS) is 12.6. The van der Waals surface area contributed by atoms with Gasteiger partial charge >= 0.3 is 6.18 Å². The average molecular weight is 357 g/mol. The van der Waals surface area contributed by atoms with Crippen molar-refractivity contribution in [3.05, 3.63) is 46.1 Å². The van der Waals surface area contributed by atoms with E-state index in [2.05, 4.69) is 9.71 Å². The third-order valence-electron chi connectivity index (χ3n) is 2.47. The highest BCUT2D eigenvalue weighted by Crippen LogP contribution is 2.29. The number of hydrogen-bond acceptors (Lipinski definition) is 4. The van der Waals surface area contributed by atoms with Gasteiger partial charge in [0.1, 0.15) is 0 Å². The third-order valence-corrected chi connectivity index (χ3v) is 5.45. The molecule has 0 saturated heterocycles. The van der Waals surface area contributed by atoms with E-state index in [9.17, 15) is 21.6 Å².